The number of benzene rings is 2. The van der Waals surface area contributed by atoms with Crippen LogP contribution in [0.15, 0.2) is 48.5 Å². The van der Waals surface area contributed by atoms with E-state index in [2.05, 4.69) is 15.3 Å². The van der Waals surface area contributed by atoms with Crippen LogP contribution < -0.4 is 15.0 Å². The minimum absolute atomic E-state index is 0.0811. The zero-order valence-corrected chi connectivity index (χ0v) is 14.8. The minimum atomic E-state index is -0.228. The van der Waals surface area contributed by atoms with Crippen LogP contribution in [0.25, 0.3) is 11.0 Å². The third-order valence-corrected chi connectivity index (χ3v) is 4.48. The number of carbonyl (C=O) groups excluding carboxylic acids is 2. The highest BCUT2D eigenvalue weighted by atomic mass is 16.5. The smallest absolute Gasteiger partial charge is 0.258 e. The Balaban J connectivity index is 1.27. The van der Waals surface area contributed by atoms with E-state index in [1.54, 1.807) is 17.0 Å². The number of nitrogens with zero attached hydrogens (tertiary/aromatic N) is 2. The van der Waals surface area contributed by atoms with Crippen molar-refractivity contribution in [3.63, 3.8) is 0 Å². The van der Waals surface area contributed by atoms with E-state index in [0.29, 0.717) is 24.5 Å². The molecule has 27 heavy (non-hydrogen) atoms. The lowest BCUT2D eigenvalue weighted by Crippen LogP contribution is -2.28. The first-order chi connectivity index (χ1) is 13.2. The Labute approximate surface area is 156 Å². The van der Waals surface area contributed by atoms with Gasteiger partial charge in [-0.05, 0) is 42.8 Å². The van der Waals surface area contributed by atoms with Crippen LogP contribution in [0.3, 0.4) is 0 Å². The number of hydrogen-bond acceptors (Lipinski definition) is 4. The van der Waals surface area contributed by atoms with Gasteiger partial charge < -0.3 is 19.9 Å². The molecule has 1 aromatic heterocycles. The van der Waals surface area contributed by atoms with E-state index >= 15 is 0 Å². The molecule has 1 aliphatic heterocycles. The van der Waals surface area contributed by atoms with Crippen molar-refractivity contribution in [2.75, 3.05) is 18.1 Å². The van der Waals surface area contributed by atoms with Crippen LogP contribution in [-0.2, 0) is 16.1 Å². The first kappa shape index (κ1) is 17.1. The first-order valence-corrected chi connectivity index (χ1v) is 8.92. The number of imidazole rings is 1. The number of aromatic nitrogens is 2. The van der Waals surface area contributed by atoms with Gasteiger partial charge in [0.25, 0.3) is 5.91 Å². The Morgan fingerprint density at radius 2 is 2.00 bits per heavy atom. The zero-order valence-electron chi connectivity index (χ0n) is 14.8. The maximum atomic E-state index is 12.0. The summed E-state index contributed by atoms with van der Waals surface area (Å²) in [4.78, 5) is 33.1. The summed E-state index contributed by atoms with van der Waals surface area (Å²) in [5, 5.41) is 2.78. The summed E-state index contributed by atoms with van der Waals surface area (Å²) in [6.45, 7) is 0.984. The molecule has 2 heterocycles. The normalized spacial score (nSPS) is 13.9. The molecule has 0 spiro atoms. The van der Waals surface area contributed by atoms with Crippen LogP contribution >= 0.6 is 0 Å². The number of amides is 2. The fraction of sp³-hybridized carbons (Fsp3) is 0.250. The van der Waals surface area contributed by atoms with Crippen LogP contribution in [0.4, 0.5) is 5.69 Å². The molecule has 1 saturated heterocycles. The molecule has 0 atom stereocenters. The van der Waals surface area contributed by atoms with E-state index in [4.69, 9.17) is 4.74 Å². The zero-order chi connectivity index (χ0) is 18.6. The summed E-state index contributed by atoms with van der Waals surface area (Å²) in [7, 11) is 0. The van der Waals surface area contributed by atoms with Gasteiger partial charge in [-0.25, -0.2) is 4.98 Å². The van der Waals surface area contributed by atoms with Gasteiger partial charge in [-0.3, -0.25) is 9.59 Å². The number of hydrogen-bond donors (Lipinski definition) is 2. The van der Waals surface area contributed by atoms with Crippen LogP contribution in [0.1, 0.15) is 18.7 Å². The van der Waals surface area contributed by atoms with Crippen molar-refractivity contribution in [1.82, 2.24) is 15.3 Å². The van der Waals surface area contributed by atoms with Crippen molar-refractivity contribution >= 4 is 28.5 Å². The molecular formula is C20H20N4O3. The molecule has 3 aromatic rings. The summed E-state index contributed by atoms with van der Waals surface area (Å²) in [5.41, 5.74) is 2.67. The van der Waals surface area contributed by atoms with E-state index < -0.39 is 0 Å². The van der Waals surface area contributed by atoms with Gasteiger partial charge >= 0.3 is 0 Å². The van der Waals surface area contributed by atoms with E-state index in [0.717, 1.165) is 29.7 Å². The third-order valence-electron chi connectivity index (χ3n) is 4.48. The van der Waals surface area contributed by atoms with Crippen LogP contribution in [0.5, 0.6) is 5.75 Å². The van der Waals surface area contributed by atoms with Gasteiger partial charge in [0.05, 0.1) is 17.6 Å². The Kier molecular flexibility index (Phi) is 4.74. The number of para-hydroxylation sites is 2. The number of ether oxygens (including phenoxy) is 1. The van der Waals surface area contributed by atoms with Crippen molar-refractivity contribution in [1.29, 1.82) is 0 Å². The average molecular weight is 364 g/mol. The number of carbonyl (C=O) groups is 2. The monoisotopic (exact) mass is 364 g/mol. The van der Waals surface area contributed by atoms with Gasteiger partial charge in [-0.1, -0.05) is 12.1 Å². The molecule has 0 bridgehead atoms. The second kappa shape index (κ2) is 7.49. The van der Waals surface area contributed by atoms with Crippen molar-refractivity contribution in [2.45, 2.75) is 19.4 Å². The molecule has 2 aromatic carbocycles. The molecule has 2 N–H and O–H groups in total. The number of rotatable bonds is 6. The van der Waals surface area contributed by atoms with E-state index in [1.807, 2.05) is 36.4 Å². The molecule has 2 amide bonds. The molecule has 4 rings (SSSR count). The molecule has 1 aliphatic rings. The lowest BCUT2D eigenvalue weighted by molar-refractivity contribution is -0.123. The topological polar surface area (TPSA) is 87.3 Å². The van der Waals surface area contributed by atoms with Crippen LogP contribution in [0.2, 0.25) is 0 Å². The van der Waals surface area contributed by atoms with Gasteiger partial charge in [0.1, 0.15) is 11.6 Å². The molecule has 0 aliphatic carbocycles. The molecule has 0 unspecified atom stereocenters. The van der Waals surface area contributed by atoms with E-state index in [1.165, 1.54) is 0 Å². The lowest BCUT2D eigenvalue weighted by Gasteiger charge is -2.16. The van der Waals surface area contributed by atoms with Crippen molar-refractivity contribution < 1.29 is 14.3 Å². The van der Waals surface area contributed by atoms with Crippen molar-refractivity contribution in [2.24, 2.45) is 0 Å². The number of fused-ring (bicyclic) bond motifs is 1. The summed E-state index contributed by atoms with van der Waals surface area (Å²) in [6, 6.07) is 14.9. The maximum Gasteiger partial charge on any atom is 0.258 e. The number of anilines is 1. The second-order valence-corrected chi connectivity index (χ2v) is 6.41. The highest BCUT2D eigenvalue weighted by Gasteiger charge is 2.21. The first-order valence-electron chi connectivity index (χ1n) is 8.92. The van der Waals surface area contributed by atoms with Crippen LogP contribution in [0, 0.1) is 0 Å². The second-order valence-electron chi connectivity index (χ2n) is 6.41. The largest absolute Gasteiger partial charge is 0.484 e. The Hall–Kier alpha value is -3.35. The fourth-order valence-corrected chi connectivity index (χ4v) is 3.12. The Morgan fingerprint density at radius 3 is 2.74 bits per heavy atom. The molecule has 7 heteroatoms. The molecular weight excluding hydrogens is 344 g/mol. The quantitative estimate of drug-likeness (QED) is 0.703. The van der Waals surface area contributed by atoms with Crippen molar-refractivity contribution in [3.8, 4) is 5.75 Å². The third kappa shape index (κ3) is 3.92. The minimum Gasteiger partial charge on any atom is -0.484 e. The highest BCUT2D eigenvalue weighted by Crippen LogP contribution is 2.23. The van der Waals surface area contributed by atoms with Gasteiger partial charge in [-0.15, -0.1) is 0 Å². The summed E-state index contributed by atoms with van der Waals surface area (Å²) in [5.74, 6) is 1.20. The summed E-state index contributed by atoms with van der Waals surface area (Å²) in [6.07, 6.45) is 1.49. The Bertz CT molecular complexity index is 932. The van der Waals surface area contributed by atoms with Gasteiger partial charge in [0, 0.05) is 18.7 Å². The van der Waals surface area contributed by atoms with Gasteiger partial charge in [-0.2, -0.15) is 0 Å². The van der Waals surface area contributed by atoms with Crippen LogP contribution in [-0.4, -0.2) is 34.9 Å². The maximum absolute atomic E-state index is 12.0. The highest BCUT2D eigenvalue weighted by molar-refractivity contribution is 5.95. The lowest BCUT2D eigenvalue weighted by atomic mass is 10.3. The number of nitrogens with one attached hydrogen (secondary N) is 2. The molecule has 7 nitrogen and oxygen atoms in total. The number of aromatic amines is 1. The standard InChI is InChI=1S/C20H20N4O3/c25-19(21-12-18-22-16-4-1-2-5-17(16)23-18)13-27-15-9-7-14(8-10-15)24-11-3-6-20(24)26/h1-2,4-5,7-10H,3,6,11-13H2,(H,21,25)(H,22,23). The van der Waals surface area contributed by atoms with E-state index in [9.17, 15) is 9.59 Å². The van der Waals surface area contributed by atoms with E-state index in [-0.39, 0.29) is 18.4 Å². The van der Waals surface area contributed by atoms with Gasteiger partial charge in [0.2, 0.25) is 5.91 Å². The van der Waals surface area contributed by atoms with Gasteiger partial charge in [0.15, 0.2) is 6.61 Å². The molecule has 1 fully saturated rings. The molecule has 0 saturated carbocycles. The van der Waals surface area contributed by atoms with Crippen molar-refractivity contribution in [3.05, 3.63) is 54.4 Å². The summed E-state index contributed by atoms with van der Waals surface area (Å²) < 4.78 is 5.51. The Morgan fingerprint density at radius 1 is 1.19 bits per heavy atom. The molecule has 138 valence electrons. The number of H-pyrrole nitrogens is 1. The average Bonchev–Trinajstić information content (AvgIpc) is 3.30. The predicted molar refractivity (Wildman–Crippen MR) is 101 cm³/mol. The SMILES string of the molecule is O=C(COc1ccc(N2CCCC2=O)cc1)NCc1nc2ccccc2[nH]1. The summed E-state index contributed by atoms with van der Waals surface area (Å²) >= 11 is 0. The molecule has 0 radical (unpaired) electrons. The predicted octanol–water partition coefficient (Wildman–Crippen LogP) is 2.38. The fourth-order valence-electron chi connectivity index (χ4n) is 3.12.